The molecule has 0 radical (unpaired) electrons. The van der Waals surface area contributed by atoms with E-state index >= 15 is 0 Å². The van der Waals surface area contributed by atoms with E-state index in [-0.39, 0.29) is 101 Å². The number of urea groups is 2. The Balaban J connectivity index is 0.000000251. The first-order valence-corrected chi connectivity index (χ1v) is 45.6. The van der Waals surface area contributed by atoms with Crippen LogP contribution in [0.5, 0.6) is 11.5 Å². The number of piperazine rings is 2. The number of phenols is 2. The van der Waals surface area contributed by atoms with Gasteiger partial charge in [0.1, 0.15) is 61.2 Å². The number of allylic oxidation sites excluding steroid dienone is 24. The first kappa shape index (κ1) is 96.7. The molecule has 21 nitrogen and oxygen atoms in total. The van der Waals surface area contributed by atoms with E-state index in [1.165, 1.54) is 19.6 Å². The van der Waals surface area contributed by atoms with E-state index in [0.717, 1.165) is 132 Å². The van der Waals surface area contributed by atoms with Gasteiger partial charge in [0.2, 0.25) is 11.8 Å². The molecule has 8 aromatic rings. The van der Waals surface area contributed by atoms with Crippen LogP contribution in [-0.2, 0) is 77.3 Å². The van der Waals surface area contributed by atoms with E-state index in [4.69, 9.17) is 9.47 Å². The number of ether oxygens (including phenoxy) is 2. The number of carbonyl (C=O) groups excluding carboxylic acids is 8. The monoisotopic (exact) mass is 1750 g/mol. The van der Waals surface area contributed by atoms with Crippen LogP contribution in [-0.4, -0.2) is 155 Å². The summed E-state index contributed by atoms with van der Waals surface area (Å²) in [6, 6.07) is 50.2. The Hall–Kier alpha value is -14.0. The zero-order valence-electron chi connectivity index (χ0n) is 74.7. The Morgan fingerprint density at radius 1 is 0.369 bits per heavy atom. The van der Waals surface area contributed by atoms with Gasteiger partial charge in [0.25, 0.3) is 11.8 Å². The molecule has 12 rings (SSSR count). The van der Waals surface area contributed by atoms with Crippen LogP contribution in [0.25, 0.3) is 21.7 Å². The number of aromatic nitrogens is 1. The van der Waals surface area contributed by atoms with Gasteiger partial charge in [-0.25, -0.2) is 9.59 Å². The van der Waals surface area contributed by atoms with Crippen molar-refractivity contribution in [2.24, 2.45) is 0 Å². The summed E-state index contributed by atoms with van der Waals surface area (Å²) < 4.78 is 11.5. The molecule has 0 saturated carbocycles. The zero-order chi connectivity index (χ0) is 91.3. The molecule has 4 saturated heterocycles. The number of fused-ring (bicyclic) bond motifs is 4. The van der Waals surface area contributed by atoms with Crippen molar-refractivity contribution in [3.8, 4) is 11.5 Å². The lowest BCUT2D eigenvalue weighted by Gasteiger charge is -2.44. The number of phenolic OH excluding ortho intramolecular Hbond substituents is 2. The van der Waals surface area contributed by atoms with Gasteiger partial charge in [-0.2, -0.15) is 0 Å². The van der Waals surface area contributed by atoms with E-state index in [0.29, 0.717) is 12.8 Å². The summed E-state index contributed by atoms with van der Waals surface area (Å²) in [6.07, 6.45) is 63.6. The summed E-state index contributed by atoms with van der Waals surface area (Å²) in [5.74, 6) is -2.28. The van der Waals surface area contributed by atoms with E-state index in [9.17, 15) is 48.6 Å². The molecule has 0 spiro atoms. The highest BCUT2D eigenvalue weighted by Gasteiger charge is 2.58. The highest BCUT2D eigenvalue weighted by atomic mass is 16.5. The van der Waals surface area contributed by atoms with Crippen molar-refractivity contribution >= 4 is 69.3 Å². The summed E-state index contributed by atoms with van der Waals surface area (Å²) in [5.41, 5.74) is 5.82. The number of hydrogen-bond donors (Lipinski definition) is 4. The van der Waals surface area contributed by atoms with E-state index in [2.05, 4.69) is 151 Å². The normalized spacial score (nSPS) is 17.9. The number of esters is 2. The Bertz CT molecular complexity index is 5060. The maximum Gasteiger partial charge on any atom is 0.320 e. The van der Waals surface area contributed by atoms with Crippen LogP contribution in [0.4, 0.5) is 9.59 Å². The van der Waals surface area contributed by atoms with Crippen LogP contribution >= 0.6 is 0 Å². The molecule has 21 heteroatoms. The predicted molar refractivity (Wildman–Crippen MR) is 514 cm³/mol. The molecule has 8 amide bonds. The molecule has 4 aliphatic heterocycles. The van der Waals surface area contributed by atoms with Crippen LogP contribution in [0, 0.1) is 0 Å². The Labute approximate surface area is 765 Å². The fourth-order valence-electron chi connectivity index (χ4n) is 16.1. The Morgan fingerprint density at radius 3 is 1.12 bits per heavy atom. The molecule has 4 N–H and O–H groups in total. The molecule has 0 bridgehead atoms. The predicted octanol–water partition coefficient (Wildman–Crippen LogP) is 19.9. The molecule has 1 aromatic heterocycles. The summed E-state index contributed by atoms with van der Waals surface area (Å²) >= 11 is 0. The lowest BCUT2D eigenvalue weighted by molar-refractivity contribution is -0.154. The molecule has 4 aliphatic rings. The fraction of sp³-hybridized carbons (Fsp3) is 0.312. The van der Waals surface area contributed by atoms with Gasteiger partial charge < -0.3 is 49.9 Å². The number of amides is 8. The van der Waals surface area contributed by atoms with Crippen LogP contribution in [0.1, 0.15) is 150 Å². The van der Waals surface area contributed by atoms with Crippen molar-refractivity contribution in [3.05, 3.63) is 367 Å². The van der Waals surface area contributed by atoms with Gasteiger partial charge in [0.15, 0.2) is 0 Å². The first-order valence-electron chi connectivity index (χ1n) is 45.6. The van der Waals surface area contributed by atoms with Crippen molar-refractivity contribution in [2.45, 2.75) is 192 Å². The second kappa shape index (κ2) is 53.0. The van der Waals surface area contributed by atoms with Crippen LogP contribution in [0.2, 0.25) is 0 Å². The topological polar surface area (TPSA) is 252 Å². The third-order valence-electron chi connectivity index (χ3n) is 22.8. The number of pyridine rings is 1. The number of hydrogen-bond acceptors (Lipinski definition) is 13. The van der Waals surface area contributed by atoms with Crippen molar-refractivity contribution < 1.29 is 58.0 Å². The number of carbonyl (C=O) groups is 8. The van der Waals surface area contributed by atoms with Crippen LogP contribution < -0.4 is 10.6 Å². The first-order chi connectivity index (χ1) is 63.7. The minimum atomic E-state index is -1.16. The van der Waals surface area contributed by atoms with Gasteiger partial charge in [-0.3, -0.25) is 43.6 Å². The van der Waals surface area contributed by atoms with Crippen molar-refractivity contribution in [3.63, 3.8) is 0 Å². The average molecular weight is 1750 g/mol. The third-order valence-corrected chi connectivity index (χ3v) is 22.8. The summed E-state index contributed by atoms with van der Waals surface area (Å²) in [5, 5.41) is 28.9. The second-order valence-electron chi connectivity index (χ2n) is 32.2. The third kappa shape index (κ3) is 29.6. The molecular formula is C109H123N9O12. The lowest BCUT2D eigenvalue weighted by Crippen LogP contribution is -2.64. The largest absolute Gasteiger partial charge is 0.508 e. The molecule has 0 unspecified atom stereocenters. The number of rotatable bonds is 44. The van der Waals surface area contributed by atoms with Crippen molar-refractivity contribution in [2.75, 3.05) is 26.3 Å². The maximum absolute atomic E-state index is 14.6. The zero-order valence-corrected chi connectivity index (χ0v) is 74.7. The van der Waals surface area contributed by atoms with Crippen molar-refractivity contribution in [1.82, 2.24) is 45.0 Å². The second-order valence-corrected chi connectivity index (χ2v) is 32.2. The smallest absolute Gasteiger partial charge is 0.320 e. The van der Waals surface area contributed by atoms with E-state index in [1.807, 2.05) is 158 Å². The molecule has 4 fully saturated rings. The summed E-state index contributed by atoms with van der Waals surface area (Å²) in [6.45, 7) is 4.57. The molecule has 130 heavy (non-hydrogen) atoms. The van der Waals surface area contributed by atoms with Crippen molar-refractivity contribution in [1.29, 1.82) is 0 Å². The molecule has 676 valence electrons. The molecule has 7 aromatic carbocycles. The lowest BCUT2D eigenvalue weighted by atomic mass is 9.98. The number of aromatic hydroxyl groups is 2. The quantitative estimate of drug-likeness (QED) is 0.0205. The summed E-state index contributed by atoms with van der Waals surface area (Å²) in [7, 11) is 0. The molecule has 5 heterocycles. The highest BCUT2D eigenvalue weighted by molar-refractivity contribution is 5.98. The summed E-state index contributed by atoms with van der Waals surface area (Å²) in [4.78, 5) is 127. The standard InChI is InChI=1S/C55H62N4O6.C54H61N5O6/c1-2-3-4-5-6-7-8-9-10-11-12-13-14-15-16-17-18-19-23-33-52(61)65-42-50-54(63)58-49(38-43-34-36-47(60)37-35-43)53(62)57(40-46-31-26-30-45-29-24-25-32-48(45)46)41-51(58)59(50)55(64)56-39-44-27-21-20-22-28-44;1-2-3-4-5-6-7-8-9-10-11-12-13-14-15-16-17-18-19-23-31-51(61)65-41-49-53(63)58-48(37-42-32-34-45(60)35-33-42)52(62)57(39-44-28-24-30-47-46(44)29-25-36-55-47)40-50(58)59(49)54(64)56-38-43-26-21-20-22-27-43/h3-4,6-7,9-10,12-13,15-16,18-22,24-32,34-37,49-51,60H,2,5,8,11,14,17,23,33,38-42H2,1H3,(H,56,64);3-4,6-7,9-10,12-13,15-16,18-22,24-30,32-36,48-50,60H,2,5,8,11,14,17,23,31,37-41H2,1H3,(H,56,64)/b2*4-3-,7-6-,10-9-,13-12-,16-15-,19-18-/t49-,50-,51-;48-,49-,50-/m00/s1. The van der Waals surface area contributed by atoms with Gasteiger partial charge >= 0.3 is 24.0 Å². The minimum absolute atomic E-state index is 0.0409. The van der Waals surface area contributed by atoms with E-state index in [1.54, 1.807) is 64.5 Å². The average Bonchev–Trinajstić information content (AvgIpc) is 1.59. The molecular weight excluding hydrogens is 1630 g/mol. The fourth-order valence-corrected chi connectivity index (χ4v) is 16.1. The van der Waals surface area contributed by atoms with Gasteiger partial charge in [-0.05, 0) is 170 Å². The van der Waals surface area contributed by atoms with Crippen LogP contribution in [0.15, 0.2) is 334 Å². The number of nitrogens with zero attached hydrogens (tertiary/aromatic N) is 7. The van der Waals surface area contributed by atoms with Gasteiger partial charge in [-0.1, -0.05) is 305 Å². The van der Waals surface area contributed by atoms with Gasteiger partial charge in [0.05, 0.1) is 18.6 Å². The number of nitrogens with one attached hydrogen (secondary N) is 2. The van der Waals surface area contributed by atoms with Gasteiger partial charge in [0, 0.05) is 63.4 Å². The molecule has 6 atom stereocenters. The minimum Gasteiger partial charge on any atom is -0.508 e. The molecule has 0 aliphatic carbocycles. The van der Waals surface area contributed by atoms with E-state index < -0.39 is 72.3 Å². The maximum atomic E-state index is 14.6. The number of benzene rings is 7. The Morgan fingerprint density at radius 2 is 0.715 bits per heavy atom. The van der Waals surface area contributed by atoms with Gasteiger partial charge in [-0.15, -0.1) is 0 Å². The Kier molecular flexibility index (Phi) is 39.4. The highest BCUT2D eigenvalue weighted by Crippen LogP contribution is 2.37. The van der Waals surface area contributed by atoms with Crippen LogP contribution in [0.3, 0.4) is 0 Å². The SMILES string of the molecule is CC/C=C\C/C=C\C/C=C\C/C=C\C/C=C\C/C=C\CCC(=O)OC[C@H]1C(=O)N2[C@H](CN(Cc3cccc4ccccc34)C(=O)[C@@H]2Cc2ccc(O)cc2)N1C(=O)NCc1ccccc1.CC/C=C\C/C=C\C/C=C\C/C=C\C/C=C\C/C=C\CCC(=O)OC[C@H]1C(=O)N2[C@H](CN(Cc3cccc4ncccc34)C(=O)[C@@H]2Cc2ccc(O)cc2)N1C(=O)NCc1ccccc1.